The van der Waals surface area contributed by atoms with Crippen LogP contribution in [0.4, 0.5) is 5.69 Å². The van der Waals surface area contributed by atoms with Crippen molar-refractivity contribution in [1.82, 2.24) is 15.4 Å². The highest BCUT2D eigenvalue weighted by Gasteiger charge is 2.32. The fraction of sp³-hybridized carbons (Fsp3) is 0.280. The number of amides is 2. The molecule has 2 saturated heterocycles. The average Bonchev–Trinajstić information content (AvgIpc) is 3.10. The zero-order chi connectivity index (χ0) is 24.8. The Kier molecular flexibility index (Phi) is 7.54. The predicted octanol–water partition coefficient (Wildman–Crippen LogP) is 1.81. The third kappa shape index (κ3) is 5.73. The quantitative estimate of drug-likeness (QED) is 0.514. The number of carbonyl (C=O) groups excluding carboxylic acids is 3. The molecule has 2 aliphatic heterocycles. The molecule has 35 heavy (non-hydrogen) atoms. The van der Waals surface area contributed by atoms with Crippen molar-refractivity contribution >= 4 is 29.2 Å². The largest absolute Gasteiger partial charge is 0.497 e. The van der Waals surface area contributed by atoms with E-state index in [1.807, 2.05) is 7.05 Å². The van der Waals surface area contributed by atoms with Gasteiger partial charge in [0.1, 0.15) is 11.5 Å². The molecule has 0 spiro atoms. The van der Waals surface area contributed by atoms with Gasteiger partial charge in [0.15, 0.2) is 5.70 Å². The molecule has 2 aromatic carbocycles. The Balaban J connectivity index is 1.71. The number of ether oxygens (including phenoxy) is 1. The van der Waals surface area contributed by atoms with Gasteiger partial charge in [0, 0.05) is 31.3 Å². The first-order chi connectivity index (χ1) is 17.0. The van der Waals surface area contributed by atoms with Gasteiger partial charge in [0.25, 0.3) is 11.8 Å². The first kappa shape index (κ1) is 24.1. The summed E-state index contributed by atoms with van der Waals surface area (Å²) in [5.41, 5.74) is 3.33. The smallest absolute Gasteiger partial charge is 0.376 e. The van der Waals surface area contributed by atoms with E-state index in [9.17, 15) is 14.4 Å². The molecule has 10 heteroatoms. The van der Waals surface area contributed by atoms with Gasteiger partial charge in [-0.15, -0.1) is 0 Å². The molecule has 182 valence electrons. The normalized spacial score (nSPS) is 18.4. The van der Waals surface area contributed by atoms with Gasteiger partial charge >= 0.3 is 5.97 Å². The molecular weight excluding hydrogens is 450 g/mol. The number of nitrogens with one attached hydrogen (secondary N) is 1. The molecule has 0 bridgehead atoms. The highest BCUT2D eigenvalue weighted by molar-refractivity contribution is 6.45. The number of anilines is 1. The molecular formula is C25H27N5O5. The number of hydrogen-bond acceptors (Lipinski definition) is 8. The van der Waals surface area contributed by atoms with Gasteiger partial charge in [-0.25, -0.2) is 14.8 Å². The van der Waals surface area contributed by atoms with Crippen molar-refractivity contribution < 1.29 is 24.0 Å². The summed E-state index contributed by atoms with van der Waals surface area (Å²) < 4.78 is 5.18. The first-order valence-corrected chi connectivity index (χ1v) is 11.2. The maximum Gasteiger partial charge on any atom is 0.376 e. The van der Waals surface area contributed by atoms with Crippen LogP contribution >= 0.6 is 0 Å². The topological polar surface area (TPSA) is 104 Å². The molecule has 0 saturated carbocycles. The molecule has 2 fully saturated rings. The van der Waals surface area contributed by atoms with Crippen LogP contribution < -0.4 is 15.3 Å². The van der Waals surface area contributed by atoms with Crippen LogP contribution in [-0.4, -0.2) is 73.6 Å². The van der Waals surface area contributed by atoms with Gasteiger partial charge in [-0.3, -0.25) is 9.59 Å². The van der Waals surface area contributed by atoms with E-state index in [2.05, 4.69) is 15.5 Å². The zero-order valence-electron chi connectivity index (χ0n) is 19.6. The van der Waals surface area contributed by atoms with Crippen molar-refractivity contribution in [2.75, 3.05) is 45.3 Å². The van der Waals surface area contributed by atoms with E-state index in [1.165, 1.54) is 11.1 Å². The van der Waals surface area contributed by atoms with E-state index >= 15 is 0 Å². The van der Waals surface area contributed by atoms with Crippen LogP contribution in [0.15, 0.2) is 71.4 Å². The molecule has 2 aromatic rings. The number of aliphatic imine (C=N–C) groups is 1. The predicted molar refractivity (Wildman–Crippen MR) is 130 cm³/mol. The molecule has 0 radical (unpaired) electrons. The molecule has 0 aliphatic carbocycles. The number of carbonyl (C=O) groups is 3. The molecule has 2 heterocycles. The molecule has 2 amide bonds. The van der Waals surface area contributed by atoms with Crippen molar-refractivity contribution in [2.45, 2.75) is 6.42 Å². The second kappa shape index (κ2) is 10.9. The monoisotopic (exact) mass is 477 g/mol. The Labute approximate surface area is 203 Å². The number of methoxy groups -OCH3 is 1. The summed E-state index contributed by atoms with van der Waals surface area (Å²) in [7, 11) is 3.55. The summed E-state index contributed by atoms with van der Waals surface area (Å²) in [6.45, 7) is 2.57. The van der Waals surface area contributed by atoms with Gasteiger partial charge in [-0.05, 0) is 56.4 Å². The summed E-state index contributed by atoms with van der Waals surface area (Å²) >= 11 is 0. The standard InChI is InChI=1S/C25H27N5O5/c1-28-13-6-14-29(16-15-28)24(32)21(26-23(31)18-7-4-3-5-8-18)17-22-25(33)35-27-30(22)19-9-11-20(34-2)12-10-19/h3-5,7-12,17,27H,6,13-16H2,1-2H3/b22-17+,26-21?. The average molecular weight is 478 g/mol. The second-order valence-electron chi connectivity index (χ2n) is 8.16. The van der Waals surface area contributed by atoms with Crippen LogP contribution in [0.2, 0.25) is 0 Å². The molecule has 0 atom stereocenters. The number of hydrogen-bond donors (Lipinski definition) is 1. The van der Waals surface area contributed by atoms with Crippen molar-refractivity contribution in [2.24, 2.45) is 4.99 Å². The maximum atomic E-state index is 13.5. The van der Waals surface area contributed by atoms with E-state index in [0.29, 0.717) is 36.6 Å². The summed E-state index contributed by atoms with van der Waals surface area (Å²) in [5.74, 6) is -1.06. The highest BCUT2D eigenvalue weighted by Crippen LogP contribution is 2.24. The van der Waals surface area contributed by atoms with Crippen LogP contribution in [0.5, 0.6) is 5.75 Å². The SMILES string of the molecule is COc1ccc(N2NOC(=O)/C2=C\C(=NC(=O)c2ccccc2)C(=O)N2CCCN(C)CC2)cc1. The van der Waals surface area contributed by atoms with Crippen molar-refractivity contribution in [3.8, 4) is 5.75 Å². The minimum absolute atomic E-state index is 0.0232. The summed E-state index contributed by atoms with van der Waals surface area (Å²) in [6, 6.07) is 15.4. The molecule has 10 nitrogen and oxygen atoms in total. The third-order valence-corrected chi connectivity index (χ3v) is 5.75. The lowest BCUT2D eigenvalue weighted by Crippen LogP contribution is -2.39. The Morgan fingerprint density at radius 2 is 1.77 bits per heavy atom. The molecule has 2 aliphatic rings. The number of benzene rings is 2. The van der Waals surface area contributed by atoms with E-state index in [4.69, 9.17) is 9.57 Å². The van der Waals surface area contributed by atoms with E-state index < -0.39 is 17.8 Å². The van der Waals surface area contributed by atoms with Gasteiger partial charge in [-0.1, -0.05) is 23.8 Å². The molecule has 1 N–H and O–H groups in total. The second-order valence-corrected chi connectivity index (χ2v) is 8.16. The van der Waals surface area contributed by atoms with E-state index in [-0.39, 0.29) is 11.4 Å². The Morgan fingerprint density at radius 1 is 1.03 bits per heavy atom. The van der Waals surface area contributed by atoms with Gasteiger partial charge in [0.2, 0.25) is 0 Å². The van der Waals surface area contributed by atoms with Crippen LogP contribution in [0.1, 0.15) is 16.8 Å². The minimum atomic E-state index is -0.705. The van der Waals surface area contributed by atoms with Gasteiger partial charge < -0.3 is 19.4 Å². The van der Waals surface area contributed by atoms with E-state index in [1.54, 1.807) is 66.6 Å². The number of rotatable bonds is 5. The van der Waals surface area contributed by atoms with Crippen LogP contribution in [0, 0.1) is 0 Å². The van der Waals surface area contributed by atoms with Crippen molar-refractivity contribution in [3.63, 3.8) is 0 Å². The van der Waals surface area contributed by atoms with Crippen LogP contribution in [0.3, 0.4) is 0 Å². The Morgan fingerprint density at radius 3 is 2.49 bits per heavy atom. The minimum Gasteiger partial charge on any atom is -0.497 e. The Hall–Kier alpha value is -4.02. The fourth-order valence-electron chi connectivity index (χ4n) is 3.76. The van der Waals surface area contributed by atoms with Crippen LogP contribution in [0.25, 0.3) is 0 Å². The molecule has 4 rings (SSSR count). The highest BCUT2D eigenvalue weighted by atomic mass is 16.7. The van der Waals surface area contributed by atoms with Gasteiger partial charge in [0.05, 0.1) is 12.8 Å². The number of hydrazine groups is 1. The van der Waals surface area contributed by atoms with E-state index in [0.717, 1.165) is 13.0 Å². The number of nitrogens with zero attached hydrogens (tertiary/aromatic N) is 4. The lowest BCUT2D eigenvalue weighted by molar-refractivity contribution is -0.140. The first-order valence-electron chi connectivity index (χ1n) is 11.2. The number of likely N-dealkylation sites (N-methyl/N-ethyl adjacent to an activating group) is 1. The van der Waals surface area contributed by atoms with Gasteiger partial charge in [-0.2, -0.15) is 0 Å². The third-order valence-electron chi connectivity index (χ3n) is 5.75. The lowest BCUT2D eigenvalue weighted by atomic mass is 10.2. The Bertz CT molecular complexity index is 1150. The summed E-state index contributed by atoms with van der Waals surface area (Å²) in [6.07, 6.45) is 2.09. The summed E-state index contributed by atoms with van der Waals surface area (Å²) in [5, 5.41) is 1.38. The fourth-order valence-corrected chi connectivity index (χ4v) is 3.76. The zero-order valence-corrected chi connectivity index (χ0v) is 19.6. The van der Waals surface area contributed by atoms with Crippen LogP contribution in [-0.2, 0) is 14.4 Å². The summed E-state index contributed by atoms with van der Waals surface area (Å²) in [4.78, 5) is 51.9. The maximum absolute atomic E-state index is 13.5. The lowest BCUT2D eigenvalue weighted by Gasteiger charge is -2.21. The molecule has 0 unspecified atom stereocenters. The van der Waals surface area contributed by atoms with Crippen molar-refractivity contribution in [3.05, 3.63) is 71.9 Å². The molecule has 0 aromatic heterocycles. The van der Waals surface area contributed by atoms with Crippen molar-refractivity contribution in [1.29, 1.82) is 0 Å².